The number of aromatic nitrogens is 1. The van der Waals surface area contributed by atoms with E-state index in [1.54, 1.807) is 6.20 Å². The number of rotatable bonds is 4. The molecule has 0 bridgehead atoms. The summed E-state index contributed by atoms with van der Waals surface area (Å²) in [6, 6.07) is 3.83. The molecule has 1 unspecified atom stereocenters. The highest BCUT2D eigenvalue weighted by molar-refractivity contribution is 5.48. The van der Waals surface area contributed by atoms with Gasteiger partial charge in [-0.05, 0) is 19.9 Å². The highest BCUT2D eigenvalue weighted by atomic mass is 16.3. The van der Waals surface area contributed by atoms with Crippen molar-refractivity contribution >= 4 is 5.82 Å². The molecule has 0 aliphatic carbocycles. The van der Waals surface area contributed by atoms with E-state index < -0.39 is 0 Å². The summed E-state index contributed by atoms with van der Waals surface area (Å²) in [6.45, 7) is 3.98. The third-order valence-electron chi connectivity index (χ3n) is 2.57. The number of aliphatic hydroxyl groups is 1. The monoisotopic (exact) mass is 209 g/mol. The molecule has 0 radical (unpaired) electrons. The maximum Gasteiger partial charge on any atom is 0.133 e. The van der Waals surface area contributed by atoms with Crippen LogP contribution in [0, 0.1) is 0 Å². The van der Waals surface area contributed by atoms with Crippen molar-refractivity contribution in [2.75, 3.05) is 18.6 Å². The SMILES string of the molecule is CC(CO)N(C)c1ncccc1[C@@H](C)N. The van der Waals surface area contributed by atoms with Crippen LogP contribution in [0.1, 0.15) is 25.5 Å². The van der Waals surface area contributed by atoms with Crippen LogP contribution in [0.5, 0.6) is 0 Å². The standard InChI is InChI=1S/C11H19N3O/c1-8(7-15)14(3)11-10(9(2)12)5-4-6-13-11/h4-6,8-9,15H,7,12H2,1-3H3/t8?,9-/m1/s1. The van der Waals surface area contributed by atoms with Gasteiger partial charge in [0, 0.05) is 24.8 Å². The second-order valence-corrected chi connectivity index (χ2v) is 3.85. The molecule has 0 spiro atoms. The van der Waals surface area contributed by atoms with E-state index in [0.717, 1.165) is 11.4 Å². The minimum absolute atomic E-state index is 0.0393. The number of hydrogen-bond acceptors (Lipinski definition) is 4. The molecule has 3 N–H and O–H groups in total. The molecule has 4 nitrogen and oxygen atoms in total. The Balaban J connectivity index is 3.02. The van der Waals surface area contributed by atoms with Crippen molar-refractivity contribution in [3.8, 4) is 0 Å². The summed E-state index contributed by atoms with van der Waals surface area (Å²) in [7, 11) is 1.91. The maximum absolute atomic E-state index is 9.10. The van der Waals surface area contributed by atoms with Gasteiger partial charge in [-0.2, -0.15) is 0 Å². The number of anilines is 1. The van der Waals surface area contributed by atoms with E-state index in [1.165, 1.54) is 0 Å². The third kappa shape index (κ3) is 2.67. The van der Waals surface area contributed by atoms with Crippen LogP contribution >= 0.6 is 0 Å². The lowest BCUT2D eigenvalue weighted by atomic mass is 10.1. The van der Waals surface area contributed by atoms with E-state index in [4.69, 9.17) is 10.8 Å². The van der Waals surface area contributed by atoms with Crippen molar-refractivity contribution < 1.29 is 5.11 Å². The molecule has 0 aromatic carbocycles. The number of nitrogens with two attached hydrogens (primary N) is 1. The molecule has 0 amide bonds. The summed E-state index contributed by atoms with van der Waals surface area (Å²) in [5, 5.41) is 9.10. The Morgan fingerprint density at radius 3 is 2.73 bits per heavy atom. The van der Waals surface area contributed by atoms with Crippen molar-refractivity contribution in [3.05, 3.63) is 23.9 Å². The van der Waals surface area contributed by atoms with Crippen LogP contribution in [0.4, 0.5) is 5.82 Å². The van der Waals surface area contributed by atoms with Crippen molar-refractivity contribution in [3.63, 3.8) is 0 Å². The first-order valence-electron chi connectivity index (χ1n) is 5.12. The van der Waals surface area contributed by atoms with E-state index >= 15 is 0 Å². The lowest BCUT2D eigenvalue weighted by Crippen LogP contribution is -2.33. The van der Waals surface area contributed by atoms with Crippen LogP contribution in [0.15, 0.2) is 18.3 Å². The fourth-order valence-electron chi connectivity index (χ4n) is 1.39. The van der Waals surface area contributed by atoms with Crippen molar-refractivity contribution in [1.29, 1.82) is 0 Å². The molecule has 0 aliphatic rings. The molecule has 84 valence electrons. The van der Waals surface area contributed by atoms with Gasteiger partial charge in [0.1, 0.15) is 5.82 Å². The quantitative estimate of drug-likeness (QED) is 0.774. The van der Waals surface area contributed by atoms with Gasteiger partial charge in [0.15, 0.2) is 0 Å². The summed E-state index contributed by atoms with van der Waals surface area (Å²) >= 11 is 0. The average Bonchev–Trinajstić information content (AvgIpc) is 2.27. The molecular weight excluding hydrogens is 190 g/mol. The largest absolute Gasteiger partial charge is 0.394 e. The predicted molar refractivity (Wildman–Crippen MR) is 61.8 cm³/mol. The van der Waals surface area contributed by atoms with Crippen LogP contribution in [-0.4, -0.2) is 29.8 Å². The normalized spacial score (nSPS) is 14.7. The highest BCUT2D eigenvalue weighted by Crippen LogP contribution is 2.22. The summed E-state index contributed by atoms with van der Waals surface area (Å²) in [4.78, 5) is 6.25. The molecule has 0 saturated carbocycles. The Morgan fingerprint density at radius 2 is 2.20 bits per heavy atom. The van der Waals surface area contributed by atoms with Gasteiger partial charge in [0.2, 0.25) is 0 Å². The van der Waals surface area contributed by atoms with Gasteiger partial charge in [-0.3, -0.25) is 0 Å². The lowest BCUT2D eigenvalue weighted by Gasteiger charge is -2.27. The van der Waals surface area contributed by atoms with E-state index in [1.807, 2.05) is 37.9 Å². The van der Waals surface area contributed by atoms with Gasteiger partial charge in [-0.15, -0.1) is 0 Å². The van der Waals surface area contributed by atoms with Crippen molar-refractivity contribution in [1.82, 2.24) is 4.98 Å². The molecule has 0 aliphatic heterocycles. The van der Waals surface area contributed by atoms with E-state index in [9.17, 15) is 0 Å². The van der Waals surface area contributed by atoms with E-state index in [-0.39, 0.29) is 18.7 Å². The van der Waals surface area contributed by atoms with Gasteiger partial charge in [-0.25, -0.2) is 4.98 Å². The molecular formula is C11H19N3O. The van der Waals surface area contributed by atoms with Crippen LogP contribution in [0.3, 0.4) is 0 Å². The summed E-state index contributed by atoms with van der Waals surface area (Å²) in [5.41, 5.74) is 6.87. The third-order valence-corrected chi connectivity index (χ3v) is 2.57. The summed E-state index contributed by atoms with van der Waals surface area (Å²) in [5.74, 6) is 0.842. The van der Waals surface area contributed by atoms with Crippen LogP contribution < -0.4 is 10.6 Å². The summed E-state index contributed by atoms with van der Waals surface area (Å²) < 4.78 is 0. The Bertz CT molecular complexity index is 314. The zero-order valence-corrected chi connectivity index (χ0v) is 9.51. The zero-order valence-electron chi connectivity index (χ0n) is 9.51. The molecule has 2 atom stereocenters. The van der Waals surface area contributed by atoms with Gasteiger partial charge in [-0.1, -0.05) is 6.07 Å². The first-order chi connectivity index (χ1) is 7.07. The molecule has 1 aromatic heterocycles. The zero-order chi connectivity index (χ0) is 11.4. The van der Waals surface area contributed by atoms with Crippen LogP contribution in [0.2, 0.25) is 0 Å². The molecule has 1 heterocycles. The number of nitrogens with zero attached hydrogens (tertiary/aromatic N) is 2. The molecule has 1 rings (SSSR count). The van der Waals surface area contributed by atoms with Crippen molar-refractivity contribution in [2.45, 2.75) is 25.9 Å². The number of likely N-dealkylation sites (N-methyl/N-ethyl adjacent to an activating group) is 1. The van der Waals surface area contributed by atoms with Crippen LogP contribution in [0.25, 0.3) is 0 Å². The predicted octanol–water partition coefficient (Wildman–Crippen LogP) is 0.918. The Hall–Kier alpha value is -1.13. The van der Waals surface area contributed by atoms with Gasteiger partial charge >= 0.3 is 0 Å². The smallest absolute Gasteiger partial charge is 0.133 e. The Kier molecular flexibility index (Phi) is 4.05. The lowest BCUT2D eigenvalue weighted by molar-refractivity contribution is 0.269. The Morgan fingerprint density at radius 1 is 1.53 bits per heavy atom. The second kappa shape index (κ2) is 5.09. The van der Waals surface area contributed by atoms with Gasteiger partial charge < -0.3 is 15.7 Å². The first kappa shape index (κ1) is 11.9. The Labute approximate surface area is 90.7 Å². The summed E-state index contributed by atoms with van der Waals surface area (Å²) in [6.07, 6.45) is 1.74. The number of aliphatic hydroxyl groups excluding tert-OH is 1. The highest BCUT2D eigenvalue weighted by Gasteiger charge is 2.15. The second-order valence-electron chi connectivity index (χ2n) is 3.85. The molecule has 1 aromatic rings. The minimum Gasteiger partial charge on any atom is -0.394 e. The molecule has 4 heteroatoms. The van der Waals surface area contributed by atoms with Crippen LogP contribution in [-0.2, 0) is 0 Å². The van der Waals surface area contributed by atoms with Gasteiger partial charge in [0.25, 0.3) is 0 Å². The van der Waals surface area contributed by atoms with Gasteiger partial charge in [0.05, 0.1) is 12.6 Å². The number of hydrogen-bond donors (Lipinski definition) is 2. The molecule has 0 saturated heterocycles. The topological polar surface area (TPSA) is 62.4 Å². The first-order valence-corrected chi connectivity index (χ1v) is 5.12. The minimum atomic E-state index is -0.0537. The molecule has 15 heavy (non-hydrogen) atoms. The maximum atomic E-state index is 9.10. The fourth-order valence-corrected chi connectivity index (χ4v) is 1.39. The van der Waals surface area contributed by atoms with E-state index in [0.29, 0.717) is 0 Å². The van der Waals surface area contributed by atoms with Crippen molar-refractivity contribution in [2.24, 2.45) is 5.73 Å². The number of pyridine rings is 1. The fraction of sp³-hybridized carbons (Fsp3) is 0.545. The average molecular weight is 209 g/mol. The molecule has 0 fully saturated rings. The van der Waals surface area contributed by atoms with E-state index in [2.05, 4.69) is 4.98 Å².